The predicted molar refractivity (Wildman–Crippen MR) is 95.8 cm³/mol. The minimum Gasteiger partial charge on any atom is -0.478 e. The van der Waals surface area contributed by atoms with Crippen LogP contribution in [0.3, 0.4) is 0 Å². The van der Waals surface area contributed by atoms with Gasteiger partial charge in [0, 0.05) is 17.1 Å². The Morgan fingerprint density at radius 2 is 2.00 bits per heavy atom. The Bertz CT molecular complexity index is 697. The number of carboxylic acid groups (broad SMARTS) is 1. The lowest BCUT2D eigenvalue weighted by Crippen LogP contribution is -2.20. The molecule has 1 aromatic carbocycles. The molecule has 1 amide bonds. The second kappa shape index (κ2) is 8.44. The van der Waals surface area contributed by atoms with Crippen molar-refractivity contribution in [2.75, 3.05) is 10.6 Å². The fraction of sp³-hybridized carbons (Fsp3) is 0.353. The number of nitrogens with one attached hydrogen (secondary N) is 2. The third-order valence-corrected chi connectivity index (χ3v) is 4.48. The van der Waals surface area contributed by atoms with Gasteiger partial charge in [0.25, 0.3) is 0 Å². The van der Waals surface area contributed by atoms with Gasteiger partial charge in [-0.2, -0.15) is 0 Å². The molecule has 0 fully saturated rings. The van der Waals surface area contributed by atoms with E-state index in [4.69, 9.17) is 0 Å². The number of hydrogen-bond donors (Lipinski definition) is 3. The molecule has 0 unspecified atom stereocenters. The molecule has 0 saturated heterocycles. The third-order valence-electron chi connectivity index (χ3n) is 3.70. The van der Waals surface area contributed by atoms with Crippen LogP contribution in [0, 0.1) is 0 Å². The largest absolute Gasteiger partial charge is 0.478 e. The Morgan fingerprint density at radius 1 is 1.25 bits per heavy atom. The molecule has 1 aromatic heterocycles. The van der Waals surface area contributed by atoms with Crippen molar-refractivity contribution in [2.24, 2.45) is 0 Å². The van der Waals surface area contributed by atoms with Crippen molar-refractivity contribution >= 4 is 34.6 Å². The van der Waals surface area contributed by atoms with Gasteiger partial charge in [-0.05, 0) is 31.0 Å². The number of carbonyl (C=O) groups is 2. The maximum absolute atomic E-state index is 12.2. The molecule has 0 bridgehead atoms. The quantitative estimate of drug-likeness (QED) is 0.678. The summed E-state index contributed by atoms with van der Waals surface area (Å²) in [6.07, 6.45) is 3.74. The van der Waals surface area contributed by atoms with E-state index in [2.05, 4.69) is 29.5 Å². The first-order valence-corrected chi connectivity index (χ1v) is 8.72. The maximum Gasteiger partial charge on any atom is 0.335 e. The van der Waals surface area contributed by atoms with Crippen molar-refractivity contribution in [3.63, 3.8) is 0 Å². The highest BCUT2D eigenvalue weighted by molar-refractivity contribution is 7.09. The molecule has 3 N–H and O–H groups in total. The SMILES string of the molecule is CCC(CC)Nc1ccc(C(=O)O)cc1NC(=O)Cc1cncs1. The summed E-state index contributed by atoms with van der Waals surface area (Å²) in [7, 11) is 0. The molecule has 0 atom stereocenters. The smallest absolute Gasteiger partial charge is 0.335 e. The fourth-order valence-corrected chi connectivity index (χ4v) is 2.89. The molecule has 0 aliphatic carbocycles. The van der Waals surface area contributed by atoms with Crippen LogP contribution >= 0.6 is 11.3 Å². The Labute approximate surface area is 144 Å². The van der Waals surface area contributed by atoms with Crippen LogP contribution in [0.4, 0.5) is 11.4 Å². The van der Waals surface area contributed by atoms with Gasteiger partial charge >= 0.3 is 5.97 Å². The lowest BCUT2D eigenvalue weighted by atomic mass is 10.1. The van der Waals surface area contributed by atoms with Crippen LogP contribution in [-0.4, -0.2) is 28.0 Å². The topological polar surface area (TPSA) is 91.3 Å². The number of benzene rings is 1. The number of thiazole rings is 1. The van der Waals surface area contributed by atoms with Crippen molar-refractivity contribution in [3.8, 4) is 0 Å². The molecule has 2 rings (SSSR count). The molecular weight excluding hydrogens is 326 g/mol. The molecule has 2 aromatic rings. The van der Waals surface area contributed by atoms with E-state index >= 15 is 0 Å². The summed E-state index contributed by atoms with van der Waals surface area (Å²) in [5.41, 5.74) is 3.02. The molecule has 0 aliphatic rings. The van der Waals surface area contributed by atoms with Crippen LogP contribution in [0.2, 0.25) is 0 Å². The minimum atomic E-state index is -1.03. The van der Waals surface area contributed by atoms with Crippen LogP contribution in [-0.2, 0) is 11.2 Å². The number of amides is 1. The normalized spacial score (nSPS) is 10.6. The van der Waals surface area contributed by atoms with Crippen molar-refractivity contribution in [1.82, 2.24) is 4.98 Å². The first-order chi connectivity index (χ1) is 11.5. The number of anilines is 2. The minimum absolute atomic E-state index is 0.137. The van der Waals surface area contributed by atoms with Crippen LogP contribution in [0.1, 0.15) is 41.9 Å². The van der Waals surface area contributed by atoms with Gasteiger partial charge in [0.2, 0.25) is 5.91 Å². The van der Waals surface area contributed by atoms with Crippen molar-refractivity contribution in [1.29, 1.82) is 0 Å². The Hall–Kier alpha value is -2.41. The predicted octanol–water partition coefficient (Wildman–Crippen LogP) is 3.62. The van der Waals surface area contributed by atoms with Gasteiger partial charge in [-0.3, -0.25) is 9.78 Å². The molecule has 24 heavy (non-hydrogen) atoms. The number of rotatable bonds is 8. The molecular formula is C17H21N3O3S. The number of aromatic carboxylic acids is 1. The van der Waals surface area contributed by atoms with E-state index in [1.54, 1.807) is 17.8 Å². The molecule has 1 heterocycles. The molecule has 0 saturated carbocycles. The lowest BCUT2D eigenvalue weighted by Gasteiger charge is -2.20. The summed E-state index contributed by atoms with van der Waals surface area (Å²) in [4.78, 5) is 28.2. The van der Waals surface area contributed by atoms with Crippen LogP contribution in [0.5, 0.6) is 0 Å². The van der Waals surface area contributed by atoms with E-state index in [0.29, 0.717) is 5.69 Å². The van der Waals surface area contributed by atoms with Crippen LogP contribution in [0.25, 0.3) is 0 Å². The van der Waals surface area contributed by atoms with Crippen molar-refractivity contribution in [2.45, 2.75) is 39.2 Å². The first kappa shape index (κ1) is 17.9. The molecule has 0 aliphatic heterocycles. The number of carboxylic acids is 1. The van der Waals surface area contributed by atoms with Gasteiger partial charge in [-0.15, -0.1) is 11.3 Å². The van der Waals surface area contributed by atoms with Gasteiger partial charge in [-0.1, -0.05) is 13.8 Å². The zero-order valence-corrected chi connectivity index (χ0v) is 14.5. The maximum atomic E-state index is 12.2. The van der Waals surface area contributed by atoms with Gasteiger partial charge in [0.1, 0.15) is 0 Å². The van der Waals surface area contributed by atoms with Crippen molar-refractivity contribution < 1.29 is 14.7 Å². The Balaban J connectivity index is 2.21. The summed E-state index contributed by atoms with van der Waals surface area (Å²) in [5, 5.41) is 15.3. The second-order valence-electron chi connectivity index (χ2n) is 5.42. The van der Waals surface area contributed by atoms with Gasteiger partial charge in [0.15, 0.2) is 0 Å². The number of carbonyl (C=O) groups excluding carboxylic acids is 1. The molecule has 128 valence electrons. The molecule has 7 heteroatoms. The standard InChI is InChI=1S/C17H21N3O3S/c1-3-12(4-2)19-14-6-5-11(17(22)23)7-15(14)20-16(21)8-13-9-18-10-24-13/h5-7,9-10,12,19H,3-4,8H2,1-2H3,(H,20,21)(H,22,23). The highest BCUT2D eigenvalue weighted by Crippen LogP contribution is 2.25. The average Bonchev–Trinajstić information content (AvgIpc) is 3.06. The lowest BCUT2D eigenvalue weighted by molar-refractivity contribution is -0.115. The average molecular weight is 347 g/mol. The molecule has 0 radical (unpaired) electrons. The van der Waals surface area contributed by atoms with E-state index in [0.717, 1.165) is 23.4 Å². The molecule has 0 spiro atoms. The molecule has 6 nitrogen and oxygen atoms in total. The van der Waals surface area contributed by atoms with E-state index in [-0.39, 0.29) is 23.9 Å². The Morgan fingerprint density at radius 3 is 2.58 bits per heavy atom. The second-order valence-corrected chi connectivity index (χ2v) is 6.39. The van der Waals surface area contributed by atoms with Gasteiger partial charge in [0.05, 0.1) is 28.9 Å². The monoisotopic (exact) mass is 347 g/mol. The van der Waals surface area contributed by atoms with Gasteiger partial charge < -0.3 is 15.7 Å². The summed E-state index contributed by atoms with van der Waals surface area (Å²) in [5.74, 6) is -1.23. The van der Waals surface area contributed by atoms with Crippen LogP contribution in [0.15, 0.2) is 29.9 Å². The Kier molecular flexibility index (Phi) is 6.31. The first-order valence-electron chi connectivity index (χ1n) is 7.84. The van der Waals surface area contributed by atoms with E-state index in [9.17, 15) is 14.7 Å². The number of nitrogens with zero attached hydrogens (tertiary/aromatic N) is 1. The fourth-order valence-electron chi connectivity index (χ4n) is 2.30. The zero-order chi connectivity index (χ0) is 17.5. The van der Waals surface area contributed by atoms with Gasteiger partial charge in [-0.25, -0.2) is 4.79 Å². The van der Waals surface area contributed by atoms with Crippen molar-refractivity contribution in [3.05, 3.63) is 40.3 Å². The highest BCUT2D eigenvalue weighted by atomic mass is 32.1. The van der Waals surface area contributed by atoms with E-state index in [1.165, 1.54) is 23.5 Å². The van der Waals surface area contributed by atoms with E-state index in [1.807, 2.05) is 0 Å². The summed E-state index contributed by atoms with van der Waals surface area (Å²) >= 11 is 1.41. The van der Waals surface area contributed by atoms with Crippen LogP contribution < -0.4 is 10.6 Å². The zero-order valence-electron chi connectivity index (χ0n) is 13.7. The third kappa shape index (κ3) is 4.79. The summed E-state index contributed by atoms with van der Waals surface area (Å²) in [6, 6.07) is 4.98. The summed E-state index contributed by atoms with van der Waals surface area (Å²) < 4.78 is 0. The number of hydrogen-bond acceptors (Lipinski definition) is 5. The number of aromatic nitrogens is 1. The van der Waals surface area contributed by atoms with E-state index < -0.39 is 5.97 Å². The summed E-state index contributed by atoms with van der Waals surface area (Å²) in [6.45, 7) is 4.16. The highest BCUT2D eigenvalue weighted by Gasteiger charge is 2.14.